The van der Waals surface area contributed by atoms with Gasteiger partial charge in [0.2, 0.25) is 0 Å². The molecule has 252 valence electrons. The molecule has 3 aromatic rings. The number of rotatable bonds is 8. The summed E-state index contributed by atoms with van der Waals surface area (Å²) in [5, 5.41) is 0.888. The number of aromatic nitrogens is 2. The summed E-state index contributed by atoms with van der Waals surface area (Å²) in [6, 6.07) is 10.3. The molecular weight excluding hydrogens is 662 g/mol. The van der Waals surface area contributed by atoms with Crippen molar-refractivity contribution in [2.45, 2.75) is 64.8 Å². The Bertz CT molecular complexity index is 1620. The molecule has 0 bridgehead atoms. The number of likely N-dealkylation sites (tertiary alicyclic amines) is 2. The highest BCUT2D eigenvalue weighted by Crippen LogP contribution is 2.45. The molecule has 1 amide bonds. The summed E-state index contributed by atoms with van der Waals surface area (Å²) in [6.07, 6.45) is 5.39. The number of hydrogen-bond acceptors (Lipinski definition) is 9. The van der Waals surface area contributed by atoms with E-state index in [1.165, 1.54) is 0 Å². The number of fused-ring (bicyclic) bond motifs is 1. The van der Waals surface area contributed by atoms with E-state index in [0.717, 1.165) is 97.5 Å². The Hall–Kier alpha value is -3.57. The van der Waals surface area contributed by atoms with Crippen LogP contribution in [0.1, 0.15) is 57.6 Å². The van der Waals surface area contributed by atoms with Crippen LogP contribution in [-0.2, 0) is 11.3 Å². The van der Waals surface area contributed by atoms with Crippen LogP contribution in [0.15, 0.2) is 41.4 Å². The molecule has 3 aliphatic rings. The molecule has 0 radical (unpaired) electrons. The van der Waals surface area contributed by atoms with E-state index in [9.17, 15) is 4.79 Å². The number of halogens is 1. The summed E-state index contributed by atoms with van der Waals surface area (Å²) < 4.78 is 24.9. The van der Waals surface area contributed by atoms with E-state index in [1.807, 2.05) is 56.0 Å². The fourth-order valence-electron chi connectivity index (χ4n) is 6.67. The number of carbonyl (C=O) groups excluding carboxylic acids is 1. The summed E-state index contributed by atoms with van der Waals surface area (Å²) in [5.74, 6) is 2.23. The van der Waals surface area contributed by atoms with Gasteiger partial charge in [0.25, 0.3) is 0 Å². The van der Waals surface area contributed by atoms with Gasteiger partial charge < -0.3 is 33.6 Å². The van der Waals surface area contributed by atoms with Gasteiger partial charge in [-0.3, -0.25) is 0 Å². The molecule has 2 aromatic carbocycles. The van der Waals surface area contributed by atoms with Gasteiger partial charge in [-0.25, -0.2) is 4.79 Å². The van der Waals surface area contributed by atoms with Crippen LogP contribution in [0.3, 0.4) is 0 Å². The van der Waals surface area contributed by atoms with E-state index in [1.54, 1.807) is 7.11 Å². The van der Waals surface area contributed by atoms with Crippen molar-refractivity contribution in [3.8, 4) is 17.5 Å². The van der Waals surface area contributed by atoms with Gasteiger partial charge in [-0.05, 0) is 98.8 Å². The fraction of sp³-hybridized carbons (Fsp3) is 0.528. The zero-order valence-corrected chi connectivity index (χ0v) is 29.8. The van der Waals surface area contributed by atoms with Crippen LogP contribution in [0.25, 0.3) is 17.0 Å². The smallest absolute Gasteiger partial charge is 0.410 e. The van der Waals surface area contributed by atoms with Crippen LogP contribution in [0.2, 0.25) is 0 Å². The number of ether oxygens (including phenoxy) is 4. The topological polar surface area (TPSA) is 89.5 Å². The van der Waals surface area contributed by atoms with Crippen molar-refractivity contribution in [2.75, 3.05) is 58.3 Å². The second kappa shape index (κ2) is 13.5. The number of anilines is 1. The first-order valence-electron chi connectivity index (χ1n) is 16.5. The van der Waals surface area contributed by atoms with Gasteiger partial charge in [0, 0.05) is 50.1 Å². The van der Waals surface area contributed by atoms with Crippen LogP contribution in [0.4, 0.5) is 10.6 Å². The van der Waals surface area contributed by atoms with Crippen molar-refractivity contribution in [2.24, 2.45) is 5.41 Å². The molecule has 0 aliphatic carbocycles. The number of methoxy groups -OCH3 is 1. The third-order valence-electron chi connectivity index (χ3n) is 9.38. The number of piperidine rings is 2. The SMILES string of the molecule is C=Cc1cc2c(N3CCC4(CC3)CN(C(=O)OC(C)(C)C)C4)nc(OC3CCN(C)CC3)nc2c(OCc2cccc(OC)c2)c1Br. The molecule has 0 unspecified atom stereocenters. The molecular formula is C36H46BrN5O5. The van der Waals surface area contributed by atoms with E-state index in [2.05, 4.69) is 45.4 Å². The van der Waals surface area contributed by atoms with Crippen LogP contribution in [0.5, 0.6) is 17.5 Å². The Morgan fingerprint density at radius 1 is 1.11 bits per heavy atom. The second-order valence-corrected chi connectivity index (χ2v) is 14.9. The van der Waals surface area contributed by atoms with Crippen molar-refractivity contribution < 1.29 is 23.7 Å². The lowest BCUT2D eigenvalue weighted by Crippen LogP contribution is -2.62. The Labute approximate surface area is 286 Å². The number of hydrogen-bond donors (Lipinski definition) is 0. The first-order valence-corrected chi connectivity index (χ1v) is 17.3. The van der Waals surface area contributed by atoms with Crippen molar-refractivity contribution >= 4 is 44.8 Å². The first kappa shape index (κ1) is 33.3. The van der Waals surface area contributed by atoms with Gasteiger partial charge in [0.05, 0.1) is 11.6 Å². The predicted octanol–water partition coefficient (Wildman–Crippen LogP) is 6.93. The summed E-state index contributed by atoms with van der Waals surface area (Å²) in [6.45, 7) is 15.1. The molecule has 3 aliphatic heterocycles. The number of benzene rings is 2. The lowest BCUT2D eigenvalue weighted by atomic mass is 9.72. The van der Waals surface area contributed by atoms with Crippen LogP contribution in [0, 0.1) is 5.41 Å². The van der Waals surface area contributed by atoms with Gasteiger partial charge in [0.15, 0.2) is 5.75 Å². The number of nitrogens with zero attached hydrogens (tertiary/aromatic N) is 5. The average molecular weight is 709 g/mol. The van der Waals surface area contributed by atoms with Gasteiger partial charge in [-0.1, -0.05) is 24.8 Å². The van der Waals surface area contributed by atoms with Crippen molar-refractivity contribution in [3.63, 3.8) is 0 Å². The van der Waals surface area contributed by atoms with E-state index < -0.39 is 5.60 Å². The average Bonchev–Trinajstić information content (AvgIpc) is 3.03. The minimum atomic E-state index is -0.500. The van der Waals surface area contributed by atoms with E-state index in [4.69, 9.17) is 28.9 Å². The molecule has 47 heavy (non-hydrogen) atoms. The van der Waals surface area contributed by atoms with E-state index in [-0.39, 0.29) is 17.6 Å². The molecule has 0 N–H and O–H groups in total. The fourth-order valence-corrected chi connectivity index (χ4v) is 7.25. The van der Waals surface area contributed by atoms with Crippen molar-refractivity contribution in [3.05, 3.63) is 52.5 Å². The molecule has 3 saturated heterocycles. The zero-order valence-electron chi connectivity index (χ0n) is 28.2. The predicted molar refractivity (Wildman–Crippen MR) is 187 cm³/mol. The number of carbonyl (C=O) groups is 1. The Balaban J connectivity index is 1.30. The lowest BCUT2D eigenvalue weighted by Gasteiger charge is -2.53. The maximum Gasteiger partial charge on any atom is 0.410 e. The van der Waals surface area contributed by atoms with Gasteiger partial charge in [-0.15, -0.1) is 0 Å². The maximum absolute atomic E-state index is 12.6. The Morgan fingerprint density at radius 2 is 1.83 bits per heavy atom. The molecule has 10 nitrogen and oxygen atoms in total. The maximum atomic E-state index is 12.6. The normalized spacial score (nSPS) is 18.6. The van der Waals surface area contributed by atoms with Gasteiger partial charge >= 0.3 is 12.1 Å². The first-order chi connectivity index (χ1) is 22.5. The van der Waals surface area contributed by atoms with E-state index in [0.29, 0.717) is 23.9 Å². The highest BCUT2D eigenvalue weighted by atomic mass is 79.9. The van der Waals surface area contributed by atoms with E-state index >= 15 is 0 Å². The molecule has 0 saturated carbocycles. The van der Waals surface area contributed by atoms with Crippen molar-refractivity contribution in [1.82, 2.24) is 19.8 Å². The molecule has 1 aromatic heterocycles. The Morgan fingerprint density at radius 3 is 2.49 bits per heavy atom. The summed E-state index contributed by atoms with van der Waals surface area (Å²) in [5.41, 5.74) is 2.17. The summed E-state index contributed by atoms with van der Waals surface area (Å²) in [4.78, 5) is 29.2. The standard InChI is InChI=1S/C36H46BrN5O5/c1-7-25-20-28-30(31(29(25)37)45-21-24-9-8-10-27(19-24)44-6)38-33(46-26-11-15-40(5)16-12-26)39-32(28)41-17-13-36(14-18-41)22-42(23-36)34(43)47-35(2,3)4/h7-10,19-20,26H,1,11-18,21-23H2,2-6H3. The Kier molecular flexibility index (Phi) is 9.58. The minimum Gasteiger partial charge on any atom is -0.497 e. The highest BCUT2D eigenvalue weighted by Gasteiger charge is 2.48. The molecule has 1 spiro atoms. The number of amides is 1. The van der Waals surface area contributed by atoms with Gasteiger partial charge in [0.1, 0.15) is 35.4 Å². The van der Waals surface area contributed by atoms with Crippen LogP contribution in [-0.4, -0.2) is 91.0 Å². The minimum absolute atomic E-state index is 0.0481. The summed E-state index contributed by atoms with van der Waals surface area (Å²) in [7, 11) is 3.80. The van der Waals surface area contributed by atoms with Crippen molar-refractivity contribution in [1.29, 1.82) is 0 Å². The quantitative estimate of drug-likeness (QED) is 0.247. The molecule has 0 atom stereocenters. The second-order valence-electron chi connectivity index (χ2n) is 14.1. The largest absolute Gasteiger partial charge is 0.497 e. The highest BCUT2D eigenvalue weighted by molar-refractivity contribution is 9.10. The van der Waals surface area contributed by atoms with Crippen LogP contribution < -0.4 is 19.1 Å². The molecule has 3 fully saturated rings. The summed E-state index contributed by atoms with van der Waals surface area (Å²) >= 11 is 3.80. The third kappa shape index (κ3) is 7.46. The molecule has 6 rings (SSSR count). The zero-order chi connectivity index (χ0) is 33.3. The monoisotopic (exact) mass is 707 g/mol. The lowest BCUT2D eigenvalue weighted by molar-refractivity contribution is -0.0434. The molecule has 4 heterocycles. The van der Waals surface area contributed by atoms with Gasteiger partial charge in [-0.2, -0.15) is 9.97 Å². The third-order valence-corrected chi connectivity index (χ3v) is 10.2. The molecule has 11 heteroatoms. The van der Waals surface area contributed by atoms with Crippen LogP contribution >= 0.6 is 15.9 Å².